The highest BCUT2D eigenvalue weighted by Gasteiger charge is 2.30. The van der Waals surface area contributed by atoms with Gasteiger partial charge >= 0.3 is 0 Å². The maximum Gasteiger partial charge on any atom is 0.224 e. The molecule has 1 aromatic rings. The van der Waals surface area contributed by atoms with Crippen LogP contribution in [-0.2, 0) is 11.3 Å². The summed E-state index contributed by atoms with van der Waals surface area (Å²) >= 11 is 0. The Morgan fingerprint density at radius 1 is 1.47 bits per heavy atom. The van der Waals surface area contributed by atoms with Gasteiger partial charge in [-0.05, 0) is 45.9 Å². The van der Waals surface area contributed by atoms with Crippen molar-refractivity contribution in [2.45, 2.75) is 39.3 Å². The number of rotatable bonds is 3. The fourth-order valence-electron chi connectivity index (χ4n) is 2.38. The van der Waals surface area contributed by atoms with Crippen molar-refractivity contribution in [1.29, 1.82) is 0 Å². The average Bonchev–Trinajstić information content (AvgIpc) is 2.77. The molecule has 1 aliphatic heterocycles. The lowest BCUT2D eigenvalue weighted by Crippen LogP contribution is -2.44. The molecule has 1 N–H and O–H groups in total. The van der Waals surface area contributed by atoms with Gasteiger partial charge in [0.1, 0.15) is 0 Å². The lowest BCUT2D eigenvalue weighted by atomic mass is 10.0. The largest absolute Gasteiger partial charge is 0.351 e. The van der Waals surface area contributed by atoms with E-state index in [1.54, 1.807) is 0 Å². The first-order chi connectivity index (χ1) is 8.94. The van der Waals surface area contributed by atoms with Crippen LogP contribution in [0.2, 0.25) is 0 Å². The van der Waals surface area contributed by atoms with Gasteiger partial charge in [0.2, 0.25) is 5.91 Å². The lowest BCUT2D eigenvalue weighted by Gasteiger charge is -2.23. The lowest BCUT2D eigenvalue weighted by molar-refractivity contribution is -0.126. The Morgan fingerprint density at radius 3 is 2.89 bits per heavy atom. The zero-order valence-electron chi connectivity index (χ0n) is 12.0. The maximum absolute atomic E-state index is 12.1. The van der Waals surface area contributed by atoms with E-state index in [1.807, 2.05) is 45.2 Å². The predicted octanol–water partition coefficient (Wildman–Crippen LogP) is 1.82. The summed E-state index contributed by atoms with van der Waals surface area (Å²) in [6, 6.07) is 5.96. The van der Waals surface area contributed by atoms with Crippen LogP contribution < -0.4 is 5.32 Å². The van der Waals surface area contributed by atoms with Crippen molar-refractivity contribution in [2.75, 3.05) is 13.1 Å². The molecule has 4 heteroatoms. The van der Waals surface area contributed by atoms with Crippen molar-refractivity contribution >= 4 is 5.91 Å². The molecule has 0 radical (unpaired) electrons. The van der Waals surface area contributed by atoms with Crippen LogP contribution in [0.4, 0.5) is 0 Å². The fourth-order valence-corrected chi connectivity index (χ4v) is 2.38. The molecule has 2 rings (SSSR count). The molecule has 0 spiro atoms. The number of likely N-dealkylation sites (tertiary alicyclic amines) is 1. The van der Waals surface area contributed by atoms with Gasteiger partial charge in [-0.1, -0.05) is 6.07 Å². The SMILES string of the molecule is CC(C)(C)NC(=O)C1CCN(Cc2ccccn2)C1. The minimum atomic E-state index is -0.147. The third kappa shape index (κ3) is 4.31. The van der Waals surface area contributed by atoms with E-state index in [2.05, 4.69) is 15.2 Å². The molecule has 1 fully saturated rings. The molecule has 1 aliphatic rings. The van der Waals surface area contributed by atoms with Gasteiger partial charge in [-0.25, -0.2) is 0 Å². The number of nitrogens with zero attached hydrogens (tertiary/aromatic N) is 2. The first-order valence-corrected chi connectivity index (χ1v) is 6.88. The third-order valence-corrected chi connectivity index (χ3v) is 3.25. The minimum absolute atomic E-state index is 0.114. The summed E-state index contributed by atoms with van der Waals surface area (Å²) in [7, 11) is 0. The Bertz CT molecular complexity index is 425. The first kappa shape index (κ1) is 14.0. The highest BCUT2D eigenvalue weighted by Crippen LogP contribution is 2.19. The number of nitrogens with one attached hydrogen (secondary N) is 1. The molecule has 19 heavy (non-hydrogen) atoms. The molecule has 1 saturated heterocycles. The Labute approximate surface area is 115 Å². The molecule has 0 bridgehead atoms. The van der Waals surface area contributed by atoms with Crippen LogP contribution in [0.5, 0.6) is 0 Å². The third-order valence-electron chi connectivity index (χ3n) is 3.25. The molecule has 0 saturated carbocycles. The molecule has 0 aliphatic carbocycles. The van der Waals surface area contributed by atoms with Crippen LogP contribution in [0.3, 0.4) is 0 Å². The molecule has 1 amide bonds. The van der Waals surface area contributed by atoms with E-state index < -0.39 is 0 Å². The van der Waals surface area contributed by atoms with Crippen LogP contribution in [-0.4, -0.2) is 34.4 Å². The van der Waals surface area contributed by atoms with E-state index in [0.717, 1.165) is 31.7 Å². The van der Waals surface area contributed by atoms with E-state index in [1.165, 1.54) is 0 Å². The molecular weight excluding hydrogens is 238 g/mol. The van der Waals surface area contributed by atoms with Crippen molar-refractivity contribution in [1.82, 2.24) is 15.2 Å². The number of carbonyl (C=O) groups excluding carboxylic acids is 1. The molecule has 2 heterocycles. The zero-order valence-corrected chi connectivity index (χ0v) is 12.0. The van der Waals surface area contributed by atoms with Crippen molar-refractivity contribution in [3.05, 3.63) is 30.1 Å². The number of hydrogen-bond donors (Lipinski definition) is 1. The fraction of sp³-hybridized carbons (Fsp3) is 0.600. The Morgan fingerprint density at radius 2 is 2.26 bits per heavy atom. The molecule has 1 aromatic heterocycles. The summed E-state index contributed by atoms with van der Waals surface area (Å²) in [5, 5.41) is 3.06. The smallest absolute Gasteiger partial charge is 0.224 e. The van der Waals surface area contributed by atoms with Crippen molar-refractivity contribution in [3.63, 3.8) is 0 Å². The number of carbonyl (C=O) groups is 1. The minimum Gasteiger partial charge on any atom is -0.351 e. The summed E-state index contributed by atoms with van der Waals surface area (Å²) in [6.07, 6.45) is 2.75. The van der Waals surface area contributed by atoms with Crippen molar-refractivity contribution < 1.29 is 4.79 Å². The van der Waals surface area contributed by atoms with Gasteiger partial charge in [0, 0.05) is 24.8 Å². The van der Waals surface area contributed by atoms with Crippen LogP contribution in [0.25, 0.3) is 0 Å². The summed E-state index contributed by atoms with van der Waals surface area (Å²) in [5.74, 6) is 0.291. The average molecular weight is 261 g/mol. The van der Waals surface area contributed by atoms with Gasteiger partial charge in [0.15, 0.2) is 0 Å². The van der Waals surface area contributed by atoms with Crippen LogP contribution in [0.15, 0.2) is 24.4 Å². The number of amides is 1. The number of pyridine rings is 1. The van der Waals surface area contributed by atoms with Gasteiger partial charge < -0.3 is 5.32 Å². The van der Waals surface area contributed by atoms with Gasteiger partial charge in [-0.2, -0.15) is 0 Å². The van der Waals surface area contributed by atoms with Crippen LogP contribution >= 0.6 is 0 Å². The van der Waals surface area contributed by atoms with E-state index in [4.69, 9.17) is 0 Å². The molecule has 4 nitrogen and oxygen atoms in total. The highest BCUT2D eigenvalue weighted by molar-refractivity contribution is 5.79. The summed E-state index contributed by atoms with van der Waals surface area (Å²) < 4.78 is 0. The number of hydrogen-bond acceptors (Lipinski definition) is 3. The van der Waals surface area contributed by atoms with E-state index in [9.17, 15) is 4.79 Å². The summed E-state index contributed by atoms with van der Waals surface area (Å²) in [4.78, 5) is 18.7. The van der Waals surface area contributed by atoms with Gasteiger partial charge in [-0.3, -0.25) is 14.7 Å². The standard InChI is InChI=1S/C15H23N3O/c1-15(2,3)17-14(19)12-7-9-18(10-12)11-13-6-4-5-8-16-13/h4-6,8,12H,7,9-11H2,1-3H3,(H,17,19). The van der Waals surface area contributed by atoms with Gasteiger partial charge in [0.25, 0.3) is 0 Å². The Kier molecular flexibility index (Phi) is 4.20. The normalized spacial score (nSPS) is 20.5. The van der Waals surface area contributed by atoms with Crippen LogP contribution in [0, 0.1) is 5.92 Å². The maximum atomic E-state index is 12.1. The second-order valence-corrected chi connectivity index (χ2v) is 6.28. The molecule has 104 valence electrons. The number of aromatic nitrogens is 1. The Hall–Kier alpha value is -1.42. The monoisotopic (exact) mass is 261 g/mol. The molecular formula is C15H23N3O. The second kappa shape index (κ2) is 5.70. The molecule has 0 aromatic carbocycles. The zero-order chi connectivity index (χ0) is 13.9. The summed E-state index contributed by atoms with van der Waals surface area (Å²) in [6.45, 7) is 8.69. The van der Waals surface area contributed by atoms with Crippen molar-refractivity contribution in [3.8, 4) is 0 Å². The topological polar surface area (TPSA) is 45.2 Å². The van der Waals surface area contributed by atoms with Crippen LogP contribution in [0.1, 0.15) is 32.9 Å². The van der Waals surface area contributed by atoms with E-state index in [-0.39, 0.29) is 17.4 Å². The predicted molar refractivity (Wildman–Crippen MR) is 75.5 cm³/mol. The highest BCUT2D eigenvalue weighted by atomic mass is 16.2. The molecule has 1 unspecified atom stereocenters. The van der Waals surface area contributed by atoms with E-state index >= 15 is 0 Å². The Balaban J connectivity index is 1.85. The first-order valence-electron chi connectivity index (χ1n) is 6.88. The molecule has 1 atom stereocenters. The van der Waals surface area contributed by atoms with Crippen molar-refractivity contribution in [2.24, 2.45) is 5.92 Å². The van der Waals surface area contributed by atoms with E-state index in [0.29, 0.717) is 0 Å². The second-order valence-electron chi connectivity index (χ2n) is 6.28. The summed E-state index contributed by atoms with van der Waals surface area (Å²) in [5.41, 5.74) is 0.922. The van der Waals surface area contributed by atoms with Gasteiger partial charge in [-0.15, -0.1) is 0 Å². The quantitative estimate of drug-likeness (QED) is 0.902. The van der Waals surface area contributed by atoms with Gasteiger partial charge in [0.05, 0.1) is 11.6 Å².